The normalized spacial score (nSPS) is 17.3. The summed E-state index contributed by atoms with van der Waals surface area (Å²) in [5.74, 6) is 2.12. The van der Waals surface area contributed by atoms with Gasteiger partial charge in [-0.05, 0) is 50.6 Å². The molecule has 1 aliphatic heterocycles. The molecule has 0 saturated carbocycles. The zero-order valence-electron chi connectivity index (χ0n) is 15.4. The Bertz CT molecular complexity index is 714. The first kappa shape index (κ1) is 18.4. The van der Waals surface area contributed by atoms with Crippen LogP contribution in [0.4, 0.5) is 0 Å². The maximum atomic E-state index is 12.4. The summed E-state index contributed by atoms with van der Waals surface area (Å²) in [4.78, 5) is 18.7. The van der Waals surface area contributed by atoms with Crippen molar-refractivity contribution < 1.29 is 14.1 Å². The number of rotatable bonds is 7. The van der Waals surface area contributed by atoms with Crippen LogP contribution in [0.15, 0.2) is 28.8 Å². The summed E-state index contributed by atoms with van der Waals surface area (Å²) in [6.07, 6.45) is 4.03. The third kappa shape index (κ3) is 4.60. The van der Waals surface area contributed by atoms with E-state index < -0.39 is 0 Å². The van der Waals surface area contributed by atoms with Crippen LogP contribution in [0.1, 0.15) is 31.6 Å². The Morgan fingerprint density at radius 3 is 2.92 bits per heavy atom. The first-order valence-corrected chi connectivity index (χ1v) is 9.11. The zero-order chi connectivity index (χ0) is 18.4. The van der Waals surface area contributed by atoms with Gasteiger partial charge in [-0.2, -0.15) is 4.98 Å². The van der Waals surface area contributed by atoms with E-state index in [0.717, 1.165) is 37.2 Å². The van der Waals surface area contributed by atoms with Crippen LogP contribution in [0.3, 0.4) is 0 Å². The molecule has 1 fully saturated rings. The average molecular weight is 358 g/mol. The van der Waals surface area contributed by atoms with Crippen LogP contribution >= 0.6 is 0 Å². The highest BCUT2D eigenvalue weighted by molar-refractivity contribution is 5.76. The molecule has 7 heteroatoms. The zero-order valence-corrected chi connectivity index (χ0v) is 15.4. The highest BCUT2D eigenvalue weighted by atomic mass is 16.5. The number of nitrogens with one attached hydrogen (secondary N) is 1. The van der Waals surface area contributed by atoms with Crippen LogP contribution in [0.2, 0.25) is 0 Å². The lowest BCUT2D eigenvalue weighted by Gasteiger charge is -2.32. The summed E-state index contributed by atoms with van der Waals surface area (Å²) in [5.41, 5.74) is 0.878. The van der Waals surface area contributed by atoms with Crippen molar-refractivity contribution in [3.8, 4) is 17.1 Å². The van der Waals surface area contributed by atoms with Crippen LogP contribution in [0.25, 0.3) is 11.4 Å². The Hall–Kier alpha value is -2.41. The van der Waals surface area contributed by atoms with E-state index in [0.29, 0.717) is 37.0 Å². The van der Waals surface area contributed by atoms with Gasteiger partial charge in [0.2, 0.25) is 17.6 Å². The topological polar surface area (TPSA) is 80.5 Å². The predicted molar refractivity (Wildman–Crippen MR) is 97.9 cm³/mol. The molecule has 0 bridgehead atoms. The molecule has 1 saturated heterocycles. The smallest absolute Gasteiger partial charge is 0.226 e. The summed E-state index contributed by atoms with van der Waals surface area (Å²) >= 11 is 0. The van der Waals surface area contributed by atoms with E-state index in [2.05, 4.69) is 15.5 Å². The van der Waals surface area contributed by atoms with Crippen molar-refractivity contribution in [1.29, 1.82) is 0 Å². The van der Waals surface area contributed by atoms with Gasteiger partial charge < -0.3 is 19.5 Å². The largest absolute Gasteiger partial charge is 0.497 e. The molecule has 26 heavy (non-hydrogen) atoms. The number of carbonyl (C=O) groups is 1. The minimum Gasteiger partial charge on any atom is -0.497 e. The van der Waals surface area contributed by atoms with Gasteiger partial charge in [-0.15, -0.1) is 0 Å². The number of carbonyl (C=O) groups excluding carboxylic acids is 1. The van der Waals surface area contributed by atoms with Gasteiger partial charge in [0.05, 0.1) is 7.11 Å². The first-order chi connectivity index (χ1) is 12.7. The van der Waals surface area contributed by atoms with Crippen molar-refractivity contribution in [2.24, 2.45) is 0 Å². The lowest BCUT2D eigenvalue weighted by molar-refractivity contribution is -0.132. The second kappa shape index (κ2) is 8.80. The molecule has 0 spiro atoms. The van der Waals surface area contributed by atoms with E-state index >= 15 is 0 Å². The minimum absolute atomic E-state index is 0.208. The Balaban J connectivity index is 1.48. The quantitative estimate of drug-likeness (QED) is 0.818. The molecule has 0 aliphatic carbocycles. The fourth-order valence-electron chi connectivity index (χ4n) is 3.20. The van der Waals surface area contributed by atoms with E-state index in [4.69, 9.17) is 9.26 Å². The number of methoxy groups -OCH3 is 1. The van der Waals surface area contributed by atoms with Gasteiger partial charge in [0.25, 0.3) is 0 Å². The standard InChI is InChI=1S/C19H26N4O3/c1-20-15-5-4-12-23(13-15)18(24)7-3-6-17-21-19(22-26-17)14-8-10-16(25-2)11-9-14/h8-11,15,20H,3-7,12-13H2,1-2H3. The van der Waals surface area contributed by atoms with Gasteiger partial charge in [-0.3, -0.25) is 4.79 Å². The van der Waals surface area contributed by atoms with Gasteiger partial charge in [-0.1, -0.05) is 5.16 Å². The number of nitrogens with zero attached hydrogens (tertiary/aromatic N) is 3. The SMILES string of the molecule is CNC1CCCN(C(=O)CCCc2nc(-c3ccc(OC)cc3)no2)C1. The third-order valence-corrected chi connectivity index (χ3v) is 4.78. The van der Waals surface area contributed by atoms with Gasteiger partial charge in [0.1, 0.15) is 5.75 Å². The number of likely N-dealkylation sites (N-methyl/N-ethyl adjacent to an activating group) is 1. The van der Waals surface area contributed by atoms with E-state index in [-0.39, 0.29) is 5.91 Å². The van der Waals surface area contributed by atoms with E-state index in [9.17, 15) is 4.79 Å². The van der Waals surface area contributed by atoms with Gasteiger partial charge >= 0.3 is 0 Å². The van der Waals surface area contributed by atoms with Crippen LogP contribution in [-0.4, -0.2) is 54.2 Å². The van der Waals surface area contributed by atoms with Gasteiger partial charge in [0.15, 0.2) is 0 Å². The molecule has 2 heterocycles. The molecule has 2 aromatic rings. The van der Waals surface area contributed by atoms with Crippen LogP contribution < -0.4 is 10.1 Å². The number of ether oxygens (including phenoxy) is 1. The maximum absolute atomic E-state index is 12.4. The maximum Gasteiger partial charge on any atom is 0.226 e. The minimum atomic E-state index is 0.208. The van der Waals surface area contributed by atoms with Crippen molar-refractivity contribution in [1.82, 2.24) is 20.4 Å². The molecule has 3 rings (SSSR count). The average Bonchev–Trinajstić information content (AvgIpc) is 3.17. The fourth-order valence-corrected chi connectivity index (χ4v) is 3.20. The Labute approximate surface area is 153 Å². The summed E-state index contributed by atoms with van der Waals surface area (Å²) < 4.78 is 10.5. The van der Waals surface area contributed by atoms with Gasteiger partial charge in [-0.25, -0.2) is 0 Å². The lowest BCUT2D eigenvalue weighted by Crippen LogP contribution is -2.46. The predicted octanol–water partition coefficient (Wildman–Crippen LogP) is 2.28. The molecule has 1 unspecified atom stereocenters. The van der Waals surface area contributed by atoms with Crippen molar-refractivity contribution in [2.75, 3.05) is 27.2 Å². The van der Waals surface area contributed by atoms with Crippen LogP contribution in [0.5, 0.6) is 5.75 Å². The number of aromatic nitrogens is 2. The monoisotopic (exact) mass is 358 g/mol. The first-order valence-electron chi connectivity index (χ1n) is 9.11. The van der Waals surface area contributed by atoms with Crippen LogP contribution in [-0.2, 0) is 11.2 Å². The van der Waals surface area contributed by atoms with Crippen molar-refractivity contribution in [3.05, 3.63) is 30.2 Å². The number of hydrogen-bond acceptors (Lipinski definition) is 6. The molecule has 7 nitrogen and oxygen atoms in total. The fraction of sp³-hybridized carbons (Fsp3) is 0.526. The van der Waals surface area contributed by atoms with E-state index in [1.54, 1.807) is 7.11 Å². The lowest BCUT2D eigenvalue weighted by atomic mass is 10.1. The third-order valence-electron chi connectivity index (χ3n) is 4.78. The highest BCUT2D eigenvalue weighted by Crippen LogP contribution is 2.20. The molecule has 1 aromatic carbocycles. The number of piperidine rings is 1. The molecule has 1 N–H and O–H groups in total. The number of aryl methyl sites for hydroxylation is 1. The molecular weight excluding hydrogens is 332 g/mol. The second-order valence-corrected chi connectivity index (χ2v) is 6.56. The van der Waals surface area contributed by atoms with Crippen molar-refractivity contribution >= 4 is 5.91 Å². The summed E-state index contributed by atoms with van der Waals surface area (Å²) in [7, 11) is 3.58. The summed E-state index contributed by atoms with van der Waals surface area (Å²) in [6, 6.07) is 7.93. The Kier molecular flexibility index (Phi) is 6.22. The summed E-state index contributed by atoms with van der Waals surface area (Å²) in [6.45, 7) is 1.66. The molecule has 0 radical (unpaired) electrons. The molecule has 1 amide bonds. The molecule has 1 aromatic heterocycles. The number of amides is 1. The highest BCUT2D eigenvalue weighted by Gasteiger charge is 2.22. The summed E-state index contributed by atoms with van der Waals surface area (Å²) in [5, 5.41) is 7.28. The molecule has 140 valence electrons. The van der Waals surface area contributed by atoms with Gasteiger partial charge in [0, 0.05) is 37.5 Å². The molecule has 1 atom stereocenters. The van der Waals surface area contributed by atoms with Crippen molar-refractivity contribution in [2.45, 2.75) is 38.1 Å². The van der Waals surface area contributed by atoms with E-state index in [1.165, 1.54) is 0 Å². The Morgan fingerprint density at radius 1 is 1.38 bits per heavy atom. The number of likely N-dealkylation sites (tertiary alicyclic amines) is 1. The number of hydrogen-bond donors (Lipinski definition) is 1. The van der Waals surface area contributed by atoms with Crippen molar-refractivity contribution in [3.63, 3.8) is 0 Å². The van der Waals surface area contributed by atoms with Crippen LogP contribution in [0, 0.1) is 0 Å². The number of benzene rings is 1. The molecular formula is C19H26N4O3. The van der Waals surface area contributed by atoms with E-state index in [1.807, 2.05) is 36.2 Å². The second-order valence-electron chi connectivity index (χ2n) is 6.56. The Morgan fingerprint density at radius 2 is 2.19 bits per heavy atom. The molecule has 1 aliphatic rings.